The van der Waals surface area contributed by atoms with E-state index in [0.29, 0.717) is 0 Å². The lowest BCUT2D eigenvalue weighted by atomic mass is 10.1. The van der Waals surface area contributed by atoms with Gasteiger partial charge in [-0.05, 0) is 48.7 Å². The predicted octanol–water partition coefficient (Wildman–Crippen LogP) is 3.42. The number of rotatable bonds is 3. The van der Waals surface area contributed by atoms with E-state index in [1.54, 1.807) is 0 Å². The molecule has 88 valence electrons. The molecule has 0 atom stereocenters. The average molecular weight is 234 g/mol. The van der Waals surface area contributed by atoms with Crippen molar-refractivity contribution in [1.29, 1.82) is 0 Å². The van der Waals surface area contributed by atoms with Gasteiger partial charge in [-0.25, -0.2) is 0 Å². The van der Waals surface area contributed by atoms with E-state index in [1.807, 2.05) is 30.6 Å². The maximum Gasteiger partial charge on any atom is 0.0702 e. The van der Waals surface area contributed by atoms with Gasteiger partial charge in [0.1, 0.15) is 0 Å². The molecular formula is C16H14N2. The Balaban J connectivity index is 1.79. The van der Waals surface area contributed by atoms with Crippen LogP contribution in [0.1, 0.15) is 11.3 Å². The lowest BCUT2D eigenvalue weighted by Gasteiger charge is -2.03. The van der Waals surface area contributed by atoms with Crippen molar-refractivity contribution in [3.63, 3.8) is 0 Å². The van der Waals surface area contributed by atoms with Gasteiger partial charge in [-0.15, -0.1) is 0 Å². The number of hydrogen-bond donors (Lipinski definition) is 0. The molecule has 2 nitrogen and oxygen atoms in total. The highest BCUT2D eigenvalue weighted by molar-refractivity contribution is 5.78. The van der Waals surface area contributed by atoms with Crippen molar-refractivity contribution < 1.29 is 0 Å². The second-order valence-corrected chi connectivity index (χ2v) is 4.35. The van der Waals surface area contributed by atoms with Gasteiger partial charge >= 0.3 is 0 Å². The third-order valence-electron chi connectivity index (χ3n) is 3.06. The quantitative estimate of drug-likeness (QED) is 0.694. The first-order chi connectivity index (χ1) is 8.92. The fourth-order valence-corrected chi connectivity index (χ4v) is 2.10. The number of fused-ring (bicyclic) bond motifs is 1. The van der Waals surface area contributed by atoms with E-state index in [0.717, 1.165) is 24.1 Å². The first-order valence-corrected chi connectivity index (χ1v) is 6.15. The molecule has 0 saturated carbocycles. The highest BCUT2D eigenvalue weighted by Crippen LogP contribution is 2.14. The van der Waals surface area contributed by atoms with Crippen LogP contribution in [0.2, 0.25) is 0 Å². The molecule has 18 heavy (non-hydrogen) atoms. The molecule has 0 N–H and O–H groups in total. The van der Waals surface area contributed by atoms with Gasteiger partial charge in [-0.2, -0.15) is 0 Å². The van der Waals surface area contributed by atoms with Crippen LogP contribution in [0, 0.1) is 0 Å². The Morgan fingerprint density at radius 2 is 1.72 bits per heavy atom. The minimum Gasteiger partial charge on any atom is -0.261 e. The number of pyridine rings is 2. The zero-order chi connectivity index (χ0) is 12.2. The molecule has 0 fully saturated rings. The van der Waals surface area contributed by atoms with E-state index >= 15 is 0 Å². The van der Waals surface area contributed by atoms with Gasteiger partial charge < -0.3 is 0 Å². The van der Waals surface area contributed by atoms with Crippen LogP contribution in [0.5, 0.6) is 0 Å². The van der Waals surface area contributed by atoms with Crippen LogP contribution < -0.4 is 0 Å². The molecule has 3 aromatic rings. The van der Waals surface area contributed by atoms with Crippen molar-refractivity contribution in [2.75, 3.05) is 0 Å². The van der Waals surface area contributed by atoms with Gasteiger partial charge in [0.2, 0.25) is 0 Å². The van der Waals surface area contributed by atoms with E-state index < -0.39 is 0 Å². The van der Waals surface area contributed by atoms with Crippen LogP contribution in [0.25, 0.3) is 10.9 Å². The fraction of sp³-hybridized carbons (Fsp3) is 0.125. The summed E-state index contributed by atoms with van der Waals surface area (Å²) < 4.78 is 0. The summed E-state index contributed by atoms with van der Waals surface area (Å²) in [5, 5.41) is 1.20. The van der Waals surface area contributed by atoms with E-state index in [9.17, 15) is 0 Å². The number of aryl methyl sites for hydroxylation is 2. The first kappa shape index (κ1) is 10.9. The standard InChI is InChI=1S/C16H14N2/c1-2-10-17-15(5-1)8-6-13-7-9-16-14(12-13)4-3-11-18-16/h1-5,7,9-12H,6,8H2. The second-order valence-electron chi connectivity index (χ2n) is 4.35. The molecule has 0 amide bonds. The Kier molecular flexibility index (Phi) is 3.01. The summed E-state index contributed by atoms with van der Waals surface area (Å²) in [6.45, 7) is 0. The van der Waals surface area contributed by atoms with Crippen molar-refractivity contribution in [2.45, 2.75) is 12.8 Å². The summed E-state index contributed by atoms with van der Waals surface area (Å²) in [5.41, 5.74) is 3.53. The molecule has 0 radical (unpaired) electrons. The summed E-state index contributed by atoms with van der Waals surface area (Å²) in [7, 11) is 0. The van der Waals surface area contributed by atoms with Crippen molar-refractivity contribution in [2.24, 2.45) is 0 Å². The Hall–Kier alpha value is -2.22. The Morgan fingerprint density at radius 1 is 0.778 bits per heavy atom. The van der Waals surface area contributed by atoms with Gasteiger partial charge in [0, 0.05) is 23.5 Å². The number of aromatic nitrogens is 2. The fourth-order valence-electron chi connectivity index (χ4n) is 2.10. The summed E-state index contributed by atoms with van der Waals surface area (Å²) in [4.78, 5) is 8.67. The lowest BCUT2D eigenvalue weighted by molar-refractivity contribution is 0.915. The third-order valence-corrected chi connectivity index (χ3v) is 3.06. The molecule has 2 heteroatoms. The molecule has 0 unspecified atom stereocenters. The monoisotopic (exact) mass is 234 g/mol. The van der Waals surface area contributed by atoms with Crippen molar-refractivity contribution in [1.82, 2.24) is 9.97 Å². The van der Waals surface area contributed by atoms with Gasteiger partial charge in [0.05, 0.1) is 5.52 Å². The highest BCUT2D eigenvalue weighted by atomic mass is 14.7. The average Bonchev–Trinajstić information content (AvgIpc) is 2.46. The molecule has 0 aliphatic rings. The van der Waals surface area contributed by atoms with Crippen LogP contribution in [-0.2, 0) is 12.8 Å². The zero-order valence-electron chi connectivity index (χ0n) is 10.1. The summed E-state index contributed by atoms with van der Waals surface area (Å²) >= 11 is 0. The number of benzene rings is 1. The minimum atomic E-state index is 0.979. The Morgan fingerprint density at radius 3 is 2.61 bits per heavy atom. The minimum absolute atomic E-state index is 0.979. The van der Waals surface area contributed by atoms with Crippen molar-refractivity contribution >= 4 is 10.9 Å². The third kappa shape index (κ3) is 2.38. The largest absolute Gasteiger partial charge is 0.261 e. The second kappa shape index (κ2) is 4.96. The van der Waals surface area contributed by atoms with E-state index in [2.05, 4.69) is 40.3 Å². The van der Waals surface area contributed by atoms with Crippen molar-refractivity contribution in [3.8, 4) is 0 Å². The van der Waals surface area contributed by atoms with E-state index in [-0.39, 0.29) is 0 Å². The summed E-state index contributed by atoms with van der Waals surface area (Å²) in [5.74, 6) is 0. The first-order valence-electron chi connectivity index (χ1n) is 6.15. The van der Waals surface area contributed by atoms with Crippen LogP contribution in [-0.4, -0.2) is 9.97 Å². The smallest absolute Gasteiger partial charge is 0.0702 e. The Bertz CT molecular complexity index is 647. The van der Waals surface area contributed by atoms with Gasteiger partial charge in [0.15, 0.2) is 0 Å². The van der Waals surface area contributed by atoms with Crippen LogP contribution >= 0.6 is 0 Å². The molecule has 2 heterocycles. The predicted molar refractivity (Wildman–Crippen MR) is 73.4 cm³/mol. The zero-order valence-corrected chi connectivity index (χ0v) is 10.1. The highest BCUT2D eigenvalue weighted by Gasteiger charge is 1.99. The van der Waals surface area contributed by atoms with Crippen LogP contribution in [0.15, 0.2) is 60.9 Å². The molecule has 0 aliphatic carbocycles. The van der Waals surface area contributed by atoms with E-state index in [1.165, 1.54) is 10.9 Å². The number of nitrogens with zero attached hydrogens (tertiary/aromatic N) is 2. The summed E-state index contributed by atoms with van der Waals surface area (Å²) in [6.07, 6.45) is 5.67. The molecule has 2 aromatic heterocycles. The maximum absolute atomic E-state index is 4.34. The number of hydrogen-bond acceptors (Lipinski definition) is 2. The van der Waals surface area contributed by atoms with Crippen molar-refractivity contribution in [3.05, 3.63) is 72.2 Å². The van der Waals surface area contributed by atoms with Crippen LogP contribution in [0.4, 0.5) is 0 Å². The molecular weight excluding hydrogens is 220 g/mol. The molecule has 1 aromatic carbocycles. The maximum atomic E-state index is 4.34. The van der Waals surface area contributed by atoms with Gasteiger partial charge in [-0.3, -0.25) is 9.97 Å². The van der Waals surface area contributed by atoms with Gasteiger partial charge in [0.25, 0.3) is 0 Å². The van der Waals surface area contributed by atoms with Gasteiger partial charge in [-0.1, -0.05) is 18.2 Å². The lowest BCUT2D eigenvalue weighted by Crippen LogP contribution is -1.93. The molecule has 0 bridgehead atoms. The van der Waals surface area contributed by atoms with E-state index in [4.69, 9.17) is 0 Å². The molecule has 0 spiro atoms. The molecule has 0 saturated heterocycles. The normalized spacial score (nSPS) is 10.7. The Labute approximate surface area is 106 Å². The SMILES string of the molecule is c1ccc(CCc2ccc3ncccc3c2)nc1. The molecule has 0 aliphatic heterocycles. The molecule has 3 rings (SSSR count). The van der Waals surface area contributed by atoms with Crippen LogP contribution in [0.3, 0.4) is 0 Å². The topological polar surface area (TPSA) is 25.8 Å². The summed E-state index contributed by atoms with van der Waals surface area (Å²) in [6, 6.07) is 16.6.